The van der Waals surface area contributed by atoms with E-state index < -0.39 is 29.6 Å². The molecule has 0 saturated heterocycles. The van der Waals surface area contributed by atoms with Crippen LogP contribution in [0.2, 0.25) is 0 Å². The van der Waals surface area contributed by atoms with Gasteiger partial charge < -0.3 is 15.4 Å². The number of hydrogen-bond donors (Lipinski definition) is 2. The van der Waals surface area contributed by atoms with Crippen LogP contribution in [-0.4, -0.2) is 32.8 Å². The predicted molar refractivity (Wildman–Crippen MR) is 97.5 cm³/mol. The number of ether oxygens (including phenoxy) is 1. The van der Waals surface area contributed by atoms with Gasteiger partial charge in [0, 0.05) is 24.1 Å². The van der Waals surface area contributed by atoms with Crippen molar-refractivity contribution in [2.75, 3.05) is 11.9 Å². The summed E-state index contributed by atoms with van der Waals surface area (Å²) in [7, 11) is 0. The van der Waals surface area contributed by atoms with Crippen LogP contribution < -0.4 is 15.4 Å². The molecule has 0 radical (unpaired) electrons. The molecule has 29 heavy (non-hydrogen) atoms. The summed E-state index contributed by atoms with van der Waals surface area (Å²) in [5, 5.41) is 17.0. The van der Waals surface area contributed by atoms with Crippen molar-refractivity contribution in [3.8, 4) is 5.75 Å². The Bertz CT molecular complexity index is 1080. The highest BCUT2D eigenvalue weighted by Gasteiger charge is 2.39. The average Bonchev–Trinajstić information content (AvgIpc) is 3.40. The summed E-state index contributed by atoms with van der Waals surface area (Å²) < 4.78 is 34.8. The minimum atomic E-state index is -0.625. The van der Waals surface area contributed by atoms with Gasteiger partial charge in [0.05, 0.1) is 13.2 Å². The van der Waals surface area contributed by atoms with Gasteiger partial charge in [0.1, 0.15) is 23.4 Å². The lowest BCUT2D eigenvalue weighted by Crippen LogP contribution is -2.34. The van der Waals surface area contributed by atoms with Crippen molar-refractivity contribution in [3.63, 3.8) is 0 Å². The molecule has 0 saturated carbocycles. The maximum atomic E-state index is 14.8. The molecule has 5 rings (SSSR count). The quantitative estimate of drug-likeness (QED) is 0.707. The average molecular weight is 398 g/mol. The predicted octanol–water partition coefficient (Wildman–Crippen LogP) is 2.55. The molecule has 8 nitrogen and oxygen atoms in total. The van der Waals surface area contributed by atoms with E-state index in [0.29, 0.717) is 42.4 Å². The van der Waals surface area contributed by atoms with Gasteiger partial charge in [-0.3, -0.25) is 0 Å². The largest absolute Gasteiger partial charge is 0.493 e. The van der Waals surface area contributed by atoms with Crippen molar-refractivity contribution >= 4 is 11.7 Å². The van der Waals surface area contributed by atoms with Crippen LogP contribution in [0.5, 0.6) is 5.75 Å². The Balaban J connectivity index is 1.42. The maximum absolute atomic E-state index is 14.8. The van der Waals surface area contributed by atoms with Crippen molar-refractivity contribution in [2.45, 2.75) is 24.9 Å². The van der Waals surface area contributed by atoms with Crippen molar-refractivity contribution in [3.05, 3.63) is 65.0 Å². The third-order valence-corrected chi connectivity index (χ3v) is 5.21. The molecule has 2 aliphatic rings. The van der Waals surface area contributed by atoms with Crippen LogP contribution in [0.1, 0.15) is 28.9 Å². The zero-order chi connectivity index (χ0) is 20.0. The first-order valence-corrected chi connectivity index (χ1v) is 9.13. The third kappa shape index (κ3) is 3.16. The number of halogens is 2. The van der Waals surface area contributed by atoms with Crippen LogP contribution in [0.15, 0.2) is 36.4 Å². The first-order valence-electron chi connectivity index (χ1n) is 9.13. The van der Waals surface area contributed by atoms with E-state index in [1.807, 2.05) is 0 Å². The molecule has 0 aliphatic carbocycles. The first-order chi connectivity index (χ1) is 14.1. The Morgan fingerprint density at radius 3 is 2.86 bits per heavy atom. The first kappa shape index (κ1) is 17.5. The van der Waals surface area contributed by atoms with Crippen LogP contribution in [0, 0.1) is 11.6 Å². The van der Waals surface area contributed by atoms with E-state index in [4.69, 9.17) is 4.74 Å². The number of amides is 2. The molecule has 2 N–H and O–H groups in total. The lowest BCUT2D eigenvalue weighted by atomic mass is 9.91. The van der Waals surface area contributed by atoms with Gasteiger partial charge in [-0.1, -0.05) is 0 Å². The molecule has 2 aromatic carbocycles. The van der Waals surface area contributed by atoms with Gasteiger partial charge in [0.25, 0.3) is 0 Å². The van der Waals surface area contributed by atoms with Gasteiger partial charge in [-0.05, 0) is 51.9 Å². The Morgan fingerprint density at radius 1 is 1.21 bits per heavy atom. The molecule has 2 aliphatic heterocycles. The second-order valence-corrected chi connectivity index (χ2v) is 6.99. The highest BCUT2D eigenvalue weighted by atomic mass is 19.1. The number of aromatic nitrogens is 4. The number of urea groups is 1. The van der Waals surface area contributed by atoms with Crippen molar-refractivity contribution < 1.29 is 18.3 Å². The lowest BCUT2D eigenvalue weighted by Gasteiger charge is -2.21. The zero-order valence-electron chi connectivity index (χ0n) is 15.1. The number of hydrogen-bond acceptors (Lipinski definition) is 5. The molecule has 0 spiro atoms. The molecule has 3 aromatic rings. The van der Waals surface area contributed by atoms with Gasteiger partial charge >= 0.3 is 6.03 Å². The molecular weight excluding hydrogens is 382 g/mol. The fraction of sp³-hybridized carbons (Fsp3) is 0.263. The molecule has 2 atom stereocenters. The number of nitrogens with zero attached hydrogens (tertiary/aromatic N) is 4. The van der Waals surface area contributed by atoms with Gasteiger partial charge in [-0.15, -0.1) is 5.10 Å². The Labute approximate surface area is 163 Å². The minimum absolute atomic E-state index is 0.334. The van der Waals surface area contributed by atoms with Crippen LogP contribution in [0.3, 0.4) is 0 Å². The molecule has 1 aromatic heterocycles. The van der Waals surface area contributed by atoms with Crippen molar-refractivity contribution in [2.24, 2.45) is 0 Å². The van der Waals surface area contributed by atoms with E-state index >= 15 is 0 Å². The summed E-state index contributed by atoms with van der Waals surface area (Å²) in [4.78, 5) is 12.5. The standard InChI is InChI=1S/C19H16F2N6O2/c20-11-1-3-12(4-2-11)22-19(28)23-17-14(9-27-18(17)24-25-26-27)13-7-10-5-6-29-16(10)8-15(13)21/h1-4,7-8,14,17H,5-6,9H2,(H2,22,23,28). The van der Waals surface area contributed by atoms with Gasteiger partial charge in [0.2, 0.25) is 0 Å². The number of anilines is 1. The maximum Gasteiger partial charge on any atom is 0.319 e. The molecule has 0 bridgehead atoms. The van der Waals surface area contributed by atoms with Gasteiger partial charge in [0.15, 0.2) is 5.82 Å². The molecule has 2 amide bonds. The molecular formula is C19H16F2N6O2. The fourth-order valence-electron chi connectivity index (χ4n) is 3.82. The number of carbonyl (C=O) groups is 1. The Kier molecular flexibility index (Phi) is 4.11. The summed E-state index contributed by atoms with van der Waals surface area (Å²) >= 11 is 0. The van der Waals surface area contributed by atoms with E-state index in [1.165, 1.54) is 30.3 Å². The van der Waals surface area contributed by atoms with E-state index in [-0.39, 0.29) is 0 Å². The smallest absolute Gasteiger partial charge is 0.319 e. The topological polar surface area (TPSA) is 94.0 Å². The Morgan fingerprint density at radius 2 is 2.03 bits per heavy atom. The second-order valence-electron chi connectivity index (χ2n) is 6.99. The minimum Gasteiger partial charge on any atom is -0.493 e. The Hall–Kier alpha value is -3.56. The number of fused-ring (bicyclic) bond motifs is 2. The van der Waals surface area contributed by atoms with E-state index in [0.717, 1.165) is 5.56 Å². The number of tetrazole rings is 1. The summed E-state index contributed by atoms with van der Waals surface area (Å²) in [5.41, 5.74) is 1.83. The summed E-state index contributed by atoms with van der Waals surface area (Å²) in [6.07, 6.45) is 0.711. The normalized spacial score (nSPS) is 19.4. The van der Waals surface area contributed by atoms with Crippen molar-refractivity contribution in [1.82, 2.24) is 25.5 Å². The van der Waals surface area contributed by atoms with Crippen LogP contribution in [0.4, 0.5) is 19.3 Å². The molecule has 148 valence electrons. The molecule has 10 heteroatoms. The number of nitrogens with one attached hydrogen (secondary N) is 2. The monoisotopic (exact) mass is 398 g/mol. The highest BCUT2D eigenvalue weighted by molar-refractivity contribution is 5.89. The second kappa shape index (κ2) is 6.80. The fourth-order valence-corrected chi connectivity index (χ4v) is 3.82. The molecule has 0 fully saturated rings. The van der Waals surface area contributed by atoms with Crippen molar-refractivity contribution in [1.29, 1.82) is 0 Å². The van der Waals surface area contributed by atoms with Crippen LogP contribution >= 0.6 is 0 Å². The number of benzene rings is 2. The van der Waals surface area contributed by atoms with Crippen LogP contribution in [0.25, 0.3) is 0 Å². The molecule has 2 unspecified atom stereocenters. The third-order valence-electron chi connectivity index (χ3n) is 5.21. The van der Waals surface area contributed by atoms with Gasteiger partial charge in [-0.2, -0.15) is 0 Å². The summed E-state index contributed by atoms with van der Waals surface area (Å²) in [6, 6.07) is 7.42. The number of carbonyl (C=O) groups excluding carboxylic acids is 1. The van der Waals surface area contributed by atoms with E-state index in [2.05, 4.69) is 26.2 Å². The van der Waals surface area contributed by atoms with Crippen LogP contribution in [-0.2, 0) is 13.0 Å². The lowest BCUT2D eigenvalue weighted by molar-refractivity contribution is 0.246. The molecule has 3 heterocycles. The van der Waals surface area contributed by atoms with E-state index in [9.17, 15) is 13.6 Å². The highest BCUT2D eigenvalue weighted by Crippen LogP contribution is 2.40. The zero-order valence-corrected chi connectivity index (χ0v) is 15.1. The van der Waals surface area contributed by atoms with Gasteiger partial charge in [-0.25, -0.2) is 18.3 Å². The SMILES string of the molecule is O=C(Nc1ccc(F)cc1)NC1c2nnnn2CC1c1cc2c(cc1F)OCC2. The number of rotatable bonds is 3. The summed E-state index contributed by atoms with van der Waals surface area (Å²) in [5.74, 6) is -0.208. The van der Waals surface area contributed by atoms with E-state index in [1.54, 1.807) is 10.7 Å². The summed E-state index contributed by atoms with van der Waals surface area (Å²) in [6.45, 7) is 0.859.